The Labute approximate surface area is 231 Å². The molecular weight excluding hydrogens is 546 g/mol. The Bertz CT molecular complexity index is 1780. The smallest absolute Gasteiger partial charge is 0.332 e. The van der Waals surface area contributed by atoms with Gasteiger partial charge in [-0.1, -0.05) is 20.8 Å². The molecule has 0 aliphatic heterocycles. The number of imidazole rings is 1. The van der Waals surface area contributed by atoms with Crippen LogP contribution in [-0.4, -0.2) is 35.8 Å². The fraction of sp³-hybridized carbons (Fsp3) is 0.423. The molecule has 0 spiro atoms. The molecule has 4 aromatic rings. The van der Waals surface area contributed by atoms with Crippen molar-refractivity contribution in [2.24, 2.45) is 19.5 Å². The van der Waals surface area contributed by atoms with E-state index >= 15 is 0 Å². The summed E-state index contributed by atoms with van der Waals surface area (Å²) < 4.78 is 38.9. The molecule has 0 radical (unpaired) electrons. The SMILES string of the molecule is CC(C)n1c(=O)n(CC(=O)Nc2nc(-c3cc(F)c(OCC(C)(C)C)c(F)c3)cs2)c2c(=O)n(C)c(=O)n(C)c21. The lowest BCUT2D eigenvalue weighted by atomic mass is 9.99. The van der Waals surface area contributed by atoms with Gasteiger partial charge in [-0.05, 0) is 31.4 Å². The zero-order valence-electron chi connectivity index (χ0n) is 23.2. The lowest BCUT2D eigenvalue weighted by Gasteiger charge is -2.19. The summed E-state index contributed by atoms with van der Waals surface area (Å²) in [6, 6.07) is 1.80. The molecule has 0 atom stereocenters. The second-order valence-electron chi connectivity index (χ2n) is 10.9. The summed E-state index contributed by atoms with van der Waals surface area (Å²) in [7, 11) is 2.73. The maximum Gasteiger partial charge on any atom is 0.332 e. The maximum absolute atomic E-state index is 14.6. The van der Waals surface area contributed by atoms with Crippen molar-refractivity contribution in [2.75, 3.05) is 11.9 Å². The molecule has 1 aromatic carbocycles. The van der Waals surface area contributed by atoms with Crippen molar-refractivity contribution in [3.8, 4) is 17.0 Å². The number of aromatic nitrogens is 5. The predicted molar refractivity (Wildman–Crippen MR) is 148 cm³/mol. The van der Waals surface area contributed by atoms with Crippen LogP contribution in [0.5, 0.6) is 5.75 Å². The van der Waals surface area contributed by atoms with E-state index in [4.69, 9.17) is 4.74 Å². The third kappa shape index (κ3) is 5.35. The molecule has 11 nitrogen and oxygen atoms in total. The Morgan fingerprint density at radius 1 is 1.07 bits per heavy atom. The lowest BCUT2D eigenvalue weighted by Crippen LogP contribution is -2.38. The molecule has 3 aromatic heterocycles. The van der Waals surface area contributed by atoms with Crippen LogP contribution in [0.2, 0.25) is 0 Å². The monoisotopic (exact) mass is 576 g/mol. The molecule has 0 fully saturated rings. The molecule has 214 valence electrons. The van der Waals surface area contributed by atoms with Crippen molar-refractivity contribution in [2.45, 2.75) is 47.2 Å². The van der Waals surface area contributed by atoms with E-state index in [0.717, 1.165) is 32.6 Å². The Morgan fingerprint density at radius 3 is 2.27 bits per heavy atom. The lowest BCUT2D eigenvalue weighted by molar-refractivity contribution is -0.116. The summed E-state index contributed by atoms with van der Waals surface area (Å²) >= 11 is 1.02. The Morgan fingerprint density at radius 2 is 1.70 bits per heavy atom. The number of benzene rings is 1. The van der Waals surface area contributed by atoms with E-state index < -0.39 is 52.8 Å². The maximum atomic E-state index is 14.6. The molecule has 40 heavy (non-hydrogen) atoms. The topological polar surface area (TPSA) is 122 Å². The Balaban J connectivity index is 1.61. The fourth-order valence-electron chi connectivity index (χ4n) is 4.16. The molecular formula is C26H30F2N6O5S. The van der Waals surface area contributed by atoms with Gasteiger partial charge in [-0.2, -0.15) is 0 Å². The highest BCUT2D eigenvalue weighted by Gasteiger charge is 2.24. The second kappa shape index (κ2) is 10.5. The van der Waals surface area contributed by atoms with Crippen LogP contribution >= 0.6 is 11.3 Å². The highest BCUT2D eigenvalue weighted by Crippen LogP contribution is 2.32. The molecule has 4 rings (SSSR count). The number of aryl methyl sites for hydroxylation is 1. The third-order valence-electron chi connectivity index (χ3n) is 6.06. The van der Waals surface area contributed by atoms with Crippen molar-refractivity contribution in [1.29, 1.82) is 0 Å². The zero-order chi connectivity index (χ0) is 29.7. The van der Waals surface area contributed by atoms with Crippen molar-refractivity contribution >= 4 is 33.5 Å². The summed E-state index contributed by atoms with van der Waals surface area (Å²) in [6.07, 6.45) is 0. The summed E-state index contributed by atoms with van der Waals surface area (Å²) in [4.78, 5) is 55.8. The van der Waals surface area contributed by atoms with Gasteiger partial charge in [0.05, 0.1) is 12.3 Å². The van der Waals surface area contributed by atoms with Crippen LogP contribution in [-0.2, 0) is 25.4 Å². The molecule has 0 bridgehead atoms. The minimum Gasteiger partial charge on any atom is -0.487 e. The van der Waals surface area contributed by atoms with Crippen LogP contribution in [0.4, 0.5) is 13.9 Å². The van der Waals surface area contributed by atoms with E-state index in [0.29, 0.717) is 0 Å². The number of nitrogens with one attached hydrogen (secondary N) is 1. The molecule has 3 heterocycles. The second-order valence-corrected chi connectivity index (χ2v) is 11.8. The van der Waals surface area contributed by atoms with E-state index in [1.807, 2.05) is 20.8 Å². The molecule has 0 unspecified atom stereocenters. The van der Waals surface area contributed by atoms with Gasteiger partial charge in [0.1, 0.15) is 6.54 Å². The van der Waals surface area contributed by atoms with Crippen molar-refractivity contribution < 1.29 is 18.3 Å². The molecule has 1 amide bonds. The first-order valence-electron chi connectivity index (χ1n) is 12.4. The van der Waals surface area contributed by atoms with Gasteiger partial charge in [-0.3, -0.25) is 27.9 Å². The number of thiazole rings is 1. The summed E-state index contributed by atoms with van der Waals surface area (Å²) in [6.45, 7) is 8.67. The summed E-state index contributed by atoms with van der Waals surface area (Å²) in [5.41, 5.74) is -1.85. The number of nitrogens with zero attached hydrogens (tertiary/aromatic N) is 5. The number of carbonyl (C=O) groups is 1. The van der Waals surface area contributed by atoms with Gasteiger partial charge in [0.25, 0.3) is 5.56 Å². The molecule has 0 saturated carbocycles. The van der Waals surface area contributed by atoms with E-state index in [2.05, 4.69) is 10.3 Å². The van der Waals surface area contributed by atoms with Crippen LogP contribution in [0.25, 0.3) is 22.4 Å². The number of hydrogen-bond donors (Lipinski definition) is 1. The molecule has 0 aliphatic rings. The van der Waals surface area contributed by atoms with E-state index in [1.54, 1.807) is 13.8 Å². The van der Waals surface area contributed by atoms with Crippen LogP contribution in [0.1, 0.15) is 40.7 Å². The van der Waals surface area contributed by atoms with Crippen molar-refractivity contribution in [1.82, 2.24) is 23.3 Å². The summed E-state index contributed by atoms with van der Waals surface area (Å²) in [5, 5.41) is 4.19. The van der Waals surface area contributed by atoms with Gasteiger partial charge in [0.15, 0.2) is 33.7 Å². The van der Waals surface area contributed by atoms with Gasteiger partial charge >= 0.3 is 11.4 Å². The highest BCUT2D eigenvalue weighted by atomic mass is 32.1. The van der Waals surface area contributed by atoms with Crippen LogP contribution in [0, 0.1) is 17.0 Å². The minimum atomic E-state index is -0.880. The number of fused-ring (bicyclic) bond motifs is 1. The number of halogens is 2. The standard InChI is InChI=1S/C26H30F2N6O5S/c1-13(2)34-21-19(22(36)32(7)24(37)31(21)6)33(25(34)38)10-18(35)30-23-29-17(11-40-23)14-8-15(27)20(16(28)9-14)39-12-26(3,4)5/h8-9,11,13H,10,12H2,1-7H3,(H,29,30,35). The number of hydrogen-bond acceptors (Lipinski definition) is 7. The van der Waals surface area contributed by atoms with Gasteiger partial charge < -0.3 is 10.1 Å². The van der Waals surface area contributed by atoms with E-state index in [9.17, 15) is 28.0 Å². The van der Waals surface area contributed by atoms with E-state index in [1.165, 1.54) is 28.6 Å². The average Bonchev–Trinajstić information content (AvgIpc) is 3.42. The first-order chi connectivity index (χ1) is 18.6. The van der Waals surface area contributed by atoms with Gasteiger partial charge in [0, 0.05) is 31.1 Å². The van der Waals surface area contributed by atoms with Crippen molar-refractivity contribution in [3.63, 3.8) is 0 Å². The number of amides is 1. The van der Waals surface area contributed by atoms with E-state index in [-0.39, 0.29) is 39.6 Å². The fourth-order valence-corrected chi connectivity index (χ4v) is 4.89. The Hall–Kier alpha value is -4.07. The third-order valence-corrected chi connectivity index (χ3v) is 6.82. The number of carbonyl (C=O) groups excluding carboxylic acids is 1. The normalized spacial score (nSPS) is 11.9. The summed E-state index contributed by atoms with van der Waals surface area (Å²) in [5.74, 6) is -2.90. The van der Waals surface area contributed by atoms with Crippen molar-refractivity contribution in [3.05, 3.63) is 60.5 Å². The first-order valence-corrected chi connectivity index (χ1v) is 13.3. The van der Waals surface area contributed by atoms with Gasteiger partial charge in [0.2, 0.25) is 5.91 Å². The van der Waals surface area contributed by atoms with Crippen LogP contribution in [0.15, 0.2) is 31.9 Å². The zero-order valence-corrected chi connectivity index (χ0v) is 24.0. The average molecular weight is 577 g/mol. The molecule has 0 aliphatic carbocycles. The number of rotatable bonds is 7. The first kappa shape index (κ1) is 28.9. The minimum absolute atomic E-state index is 0.0852. The molecule has 1 N–H and O–H groups in total. The number of anilines is 1. The highest BCUT2D eigenvalue weighted by molar-refractivity contribution is 7.14. The number of ether oxygens (including phenoxy) is 1. The van der Waals surface area contributed by atoms with Gasteiger partial charge in [-0.25, -0.2) is 23.4 Å². The predicted octanol–water partition coefficient (Wildman–Crippen LogP) is 3.25. The molecule has 14 heteroatoms. The largest absolute Gasteiger partial charge is 0.487 e. The van der Waals surface area contributed by atoms with Gasteiger partial charge in [-0.15, -0.1) is 11.3 Å². The van der Waals surface area contributed by atoms with Crippen LogP contribution < -0.4 is 27.0 Å². The Kier molecular flexibility index (Phi) is 7.58. The molecule has 0 saturated heterocycles. The van der Waals surface area contributed by atoms with Crippen LogP contribution in [0.3, 0.4) is 0 Å². The quantitative estimate of drug-likeness (QED) is 0.361.